The van der Waals surface area contributed by atoms with Crippen LogP contribution in [0, 0.1) is 0 Å². The minimum Gasteiger partial charge on any atom is -0.360 e. The van der Waals surface area contributed by atoms with Crippen molar-refractivity contribution in [3.8, 4) is 0 Å². The van der Waals surface area contributed by atoms with Gasteiger partial charge in [0.1, 0.15) is 14.0 Å². The molecule has 0 aliphatic carbocycles. The van der Waals surface area contributed by atoms with Crippen LogP contribution in [0.4, 0.5) is 0 Å². The van der Waals surface area contributed by atoms with Crippen LogP contribution in [-0.4, -0.2) is 34.8 Å². The van der Waals surface area contributed by atoms with Gasteiger partial charge in [-0.15, -0.1) is 0 Å². The van der Waals surface area contributed by atoms with Crippen molar-refractivity contribution in [1.29, 1.82) is 0 Å². The monoisotopic (exact) mass is 191 g/mol. The first-order valence-electron chi connectivity index (χ1n) is 4.34. The summed E-state index contributed by atoms with van der Waals surface area (Å²) < 4.78 is 10.5. The van der Waals surface area contributed by atoms with Gasteiger partial charge in [0.2, 0.25) is 0 Å². The van der Waals surface area contributed by atoms with Crippen LogP contribution in [-0.2, 0) is 9.47 Å². The fourth-order valence-electron chi connectivity index (χ4n) is 1.41. The van der Waals surface area contributed by atoms with Crippen molar-refractivity contribution < 1.29 is 9.47 Å². The first-order valence-corrected chi connectivity index (χ1v) is 7.62. The van der Waals surface area contributed by atoms with Crippen LogP contribution in [0.5, 0.6) is 0 Å². The number of nitrogens with two attached hydrogens (primary N) is 1. The Morgan fingerprint density at radius 2 is 1.75 bits per heavy atom. The first-order chi connectivity index (χ1) is 5.58. The average Bonchev–Trinajstić information content (AvgIpc) is 2.03. The fourth-order valence-corrected chi connectivity index (χ4v) is 4.04. The molecule has 0 amide bonds. The molecule has 0 aromatic rings. The molecule has 0 aromatic carbocycles. The van der Waals surface area contributed by atoms with E-state index < -0.39 is 8.07 Å². The van der Waals surface area contributed by atoms with E-state index >= 15 is 0 Å². The lowest BCUT2D eigenvalue weighted by atomic mass is 10.5. The average molecular weight is 191 g/mol. The zero-order chi connectivity index (χ0) is 9.61. The van der Waals surface area contributed by atoms with E-state index in [0.29, 0.717) is 0 Å². The molecule has 0 spiro atoms. The molecule has 0 atom stereocenters. The van der Waals surface area contributed by atoms with E-state index in [4.69, 9.17) is 15.2 Å². The zero-order valence-electron chi connectivity index (χ0n) is 8.59. The third kappa shape index (κ3) is 3.67. The van der Waals surface area contributed by atoms with Crippen molar-refractivity contribution in [2.45, 2.75) is 31.5 Å². The van der Waals surface area contributed by atoms with E-state index in [0.717, 1.165) is 19.0 Å². The van der Waals surface area contributed by atoms with Gasteiger partial charge in [-0.2, -0.15) is 0 Å². The Balaban J connectivity index is 3.96. The predicted octanol–water partition coefficient (Wildman–Crippen LogP) is 1.20. The Morgan fingerprint density at radius 3 is 2.08 bits per heavy atom. The van der Waals surface area contributed by atoms with Gasteiger partial charge in [-0.3, -0.25) is 0 Å². The number of methoxy groups -OCH3 is 2. The molecule has 0 saturated heterocycles. The van der Waals surface area contributed by atoms with E-state index in [-0.39, 0.29) is 5.91 Å². The van der Waals surface area contributed by atoms with Crippen LogP contribution >= 0.6 is 0 Å². The van der Waals surface area contributed by atoms with Gasteiger partial charge in [-0.1, -0.05) is 19.1 Å². The van der Waals surface area contributed by atoms with Gasteiger partial charge in [-0.05, 0) is 13.0 Å². The molecule has 0 rings (SSSR count). The molecule has 0 radical (unpaired) electrons. The summed E-state index contributed by atoms with van der Waals surface area (Å²) in [5.74, 6) is 0.00375. The minimum absolute atomic E-state index is 0.00375. The molecular formula is C8H21NO2Si. The Hall–Kier alpha value is 0.0969. The molecule has 0 saturated carbocycles. The van der Waals surface area contributed by atoms with E-state index in [1.54, 1.807) is 14.2 Å². The molecule has 0 heterocycles. The van der Waals surface area contributed by atoms with Crippen LogP contribution < -0.4 is 5.73 Å². The lowest BCUT2D eigenvalue weighted by Crippen LogP contribution is -2.44. The maximum absolute atomic E-state index is 5.46. The molecule has 2 N–H and O–H groups in total. The summed E-state index contributed by atoms with van der Waals surface area (Å²) in [6, 6.07) is 1.16. The maximum Gasteiger partial charge on any atom is 0.140 e. The van der Waals surface area contributed by atoms with Gasteiger partial charge in [0, 0.05) is 14.2 Å². The first kappa shape index (κ1) is 12.1. The van der Waals surface area contributed by atoms with Crippen LogP contribution in [0.2, 0.25) is 19.1 Å². The fraction of sp³-hybridized carbons (Fsp3) is 1.00. The lowest BCUT2D eigenvalue weighted by Gasteiger charge is -2.29. The molecule has 0 fully saturated rings. The van der Waals surface area contributed by atoms with Gasteiger partial charge < -0.3 is 15.2 Å². The van der Waals surface area contributed by atoms with Crippen molar-refractivity contribution in [3.05, 3.63) is 0 Å². The van der Waals surface area contributed by atoms with Gasteiger partial charge >= 0.3 is 0 Å². The summed E-state index contributed by atoms with van der Waals surface area (Å²) in [6.45, 7) is 5.29. The van der Waals surface area contributed by atoms with E-state index in [1.807, 2.05) is 0 Å². The third-order valence-corrected chi connectivity index (χ3v) is 5.48. The number of hydrogen-bond acceptors (Lipinski definition) is 3. The summed E-state index contributed by atoms with van der Waals surface area (Å²) in [5, 5.41) is 0. The van der Waals surface area contributed by atoms with Gasteiger partial charge in [0.25, 0.3) is 0 Å². The van der Waals surface area contributed by atoms with E-state index in [1.165, 1.54) is 0 Å². The Bertz CT molecular complexity index is 116. The molecule has 3 nitrogen and oxygen atoms in total. The molecule has 0 unspecified atom stereocenters. The highest BCUT2D eigenvalue weighted by Crippen LogP contribution is 2.18. The number of hydrogen-bond donors (Lipinski definition) is 1. The van der Waals surface area contributed by atoms with Crippen LogP contribution in [0.1, 0.15) is 6.42 Å². The van der Waals surface area contributed by atoms with Crippen LogP contribution in [0.25, 0.3) is 0 Å². The summed E-state index contributed by atoms with van der Waals surface area (Å²) in [5.41, 5.74) is 5.46. The normalized spacial score (nSPS) is 12.5. The van der Waals surface area contributed by atoms with Crippen molar-refractivity contribution >= 4 is 8.07 Å². The zero-order valence-corrected chi connectivity index (χ0v) is 9.59. The predicted molar refractivity (Wildman–Crippen MR) is 53.8 cm³/mol. The molecule has 74 valence electrons. The van der Waals surface area contributed by atoms with Crippen LogP contribution in [0.3, 0.4) is 0 Å². The molecule has 0 aliphatic heterocycles. The molecular weight excluding hydrogens is 170 g/mol. The molecule has 4 heteroatoms. The van der Waals surface area contributed by atoms with Crippen molar-refractivity contribution in [1.82, 2.24) is 0 Å². The SMILES string of the molecule is COC(OC)[Si](C)(C)CCCN. The van der Waals surface area contributed by atoms with Crippen LogP contribution in [0.15, 0.2) is 0 Å². The second kappa shape index (κ2) is 5.69. The Kier molecular flexibility index (Phi) is 5.74. The Morgan fingerprint density at radius 1 is 1.25 bits per heavy atom. The van der Waals surface area contributed by atoms with E-state index in [2.05, 4.69) is 13.1 Å². The summed E-state index contributed by atoms with van der Waals surface area (Å²) in [4.78, 5) is 0. The maximum atomic E-state index is 5.46. The molecule has 0 aromatic heterocycles. The highest BCUT2D eigenvalue weighted by Gasteiger charge is 2.31. The molecule has 12 heavy (non-hydrogen) atoms. The number of rotatable bonds is 6. The molecule has 0 bridgehead atoms. The van der Waals surface area contributed by atoms with Crippen molar-refractivity contribution in [2.75, 3.05) is 20.8 Å². The topological polar surface area (TPSA) is 44.5 Å². The second-order valence-corrected chi connectivity index (χ2v) is 8.63. The minimum atomic E-state index is -1.38. The van der Waals surface area contributed by atoms with Crippen molar-refractivity contribution in [2.24, 2.45) is 5.73 Å². The van der Waals surface area contributed by atoms with Crippen molar-refractivity contribution in [3.63, 3.8) is 0 Å². The lowest BCUT2D eigenvalue weighted by molar-refractivity contribution is -0.0502. The highest BCUT2D eigenvalue weighted by atomic mass is 28.3. The van der Waals surface area contributed by atoms with Gasteiger partial charge in [-0.25, -0.2) is 0 Å². The Labute approximate surface area is 76.2 Å². The van der Waals surface area contributed by atoms with Gasteiger partial charge in [0.15, 0.2) is 0 Å². The molecule has 0 aliphatic rings. The summed E-state index contributed by atoms with van der Waals surface area (Å²) in [6.07, 6.45) is 1.07. The standard InChI is InChI=1S/C8H21NO2Si/c1-10-8(11-2)12(3,4)7-5-6-9/h8H,5-7,9H2,1-4H3. The summed E-state index contributed by atoms with van der Waals surface area (Å²) in [7, 11) is 2.02. The smallest absolute Gasteiger partial charge is 0.140 e. The second-order valence-electron chi connectivity index (χ2n) is 3.68. The largest absolute Gasteiger partial charge is 0.360 e. The van der Waals surface area contributed by atoms with Gasteiger partial charge in [0.05, 0.1) is 0 Å². The number of ether oxygens (including phenoxy) is 2. The highest BCUT2D eigenvalue weighted by molar-refractivity contribution is 6.78. The third-order valence-electron chi connectivity index (χ3n) is 2.09. The van der Waals surface area contributed by atoms with E-state index in [9.17, 15) is 0 Å². The quantitative estimate of drug-likeness (QED) is 0.507. The summed E-state index contributed by atoms with van der Waals surface area (Å²) >= 11 is 0.